The fraction of sp³-hybridized carbons (Fsp3) is 0.409. The summed E-state index contributed by atoms with van der Waals surface area (Å²) in [5, 5.41) is 2.71. The molecule has 2 aromatic carbocycles. The van der Waals surface area contributed by atoms with Crippen LogP contribution in [0.15, 0.2) is 53.4 Å². The van der Waals surface area contributed by atoms with Crippen LogP contribution in [0.2, 0.25) is 0 Å². The van der Waals surface area contributed by atoms with Crippen molar-refractivity contribution in [3.05, 3.63) is 48.5 Å². The van der Waals surface area contributed by atoms with Gasteiger partial charge in [-0.2, -0.15) is 4.31 Å². The van der Waals surface area contributed by atoms with Gasteiger partial charge in [0.2, 0.25) is 20.0 Å². The first-order chi connectivity index (χ1) is 15.5. The second-order valence-electron chi connectivity index (χ2n) is 7.96. The lowest BCUT2D eigenvalue weighted by atomic mass is 10.2. The number of hydrogen-bond donors (Lipinski definition) is 1. The monoisotopic (exact) mass is 495 g/mol. The minimum atomic E-state index is -3.53. The Hall–Kier alpha value is -2.63. The van der Waals surface area contributed by atoms with Crippen molar-refractivity contribution < 1.29 is 26.4 Å². The van der Waals surface area contributed by atoms with Crippen LogP contribution < -0.4 is 14.4 Å². The first-order valence-electron chi connectivity index (χ1n) is 10.6. The zero-order chi connectivity index (χ0) is 24.2. The first-order valence-corrected chi connectivity index (χ1v) is 13.9. The SMILES string of the molecule is CC(Oc1ccc(N(C)S(C)(=O)=O)cc1)C(=O)Nc1ccc(S(=O)(=O)N2CCCCC2)cc1. The summed E-state index contributed by atoms with van der Waals surface area (Å²) < 4.78 is 57.0. The van der Waals surface area contributed by atoms with Crippen molar-refractivity contribution in [2.24, 2.45) is 0 Å². The second-order valence-corrected chi connectivity index (χ2v) is 11.9. The summed E-state index contributed by atoms with van der Waals surface area (Å²) in [4.78, 5) is 12.7. The van der Waals surface area contributed by atoms with Crippen molar-refractivity contribution in [3.8, 4) is 5.75 Å². The number of anilines is 2. The number of carbonyl (C=O) groups is 1. The van der Waals surface area contributed by atoms with E-state index in [2.05, 4.69) is 5.32 Å². The number of amides is 1. The number of hydrogen-bond acceptors (Lipinski definition) is 6. The molecule has 11 heteroatoms. The molecule has 1 unspecified atom stereocenters. The molecule has 180 valence electrons. The molecule has 0 aliphatic carbocycles. The van der Waals surface area contributed by atoms with Gasteiger partial charge in [-0.25, -0.2) is 16.8 Å². The zero-order valence-corrected chi connectivity index (χ0v) is 20.5. The zero-order valence-electron chi connectivity index (χ0n) is 18.9. The molecular weight excluding hydrogens is 466 g/mol. The fourth-order valence-corrected chi connectivity index (χ4v) is 5.41. The van der Waals surface area contributed by atoms with Gasteiger partial charge in [0.15, 0.2) is 6.10 Å². The van der Waals surface area contributed by atoms with Gasteiger partial charge in [0.1, 0.15) is 5.75 Å². The lowest BCUT2D eigenvalue weighted by Gasteiger charge is -2.25. The number of rotatable bonds is 8. The van der Waals surface area contributed by atoms with E-state index in [1.54, 1.807) is 43.3 Å². The molecular formula is C22H29N3O6S2. The van der Waals surface area contributed by atoms with Crippen LogP contribution in [0.5, 0.6) is 5.75 Å². The lowest BCUT2D eigenvalue weighted by Crippen LogP contribution is -2.35. The summed E-state index contributed by atoms with van der Waals surface area (Å²) in [5.41, 5.74) is 0.930. The summed E-state index contributed by atoms with van der Waals surface area (Å²) >= 11 is 0. The third-order valence-corrected chi connectivity index (χ3v) is 8.57. The van der Waals surface area contributed by atoms with Gasteiger partial charge in [-0.1, -0.05) is 6.42 Å². The van der Waals surface area contributed by atoms with Crippen LogP contribution in [0.25, 0.3) is 0 Å². The van der Waals surface area contributed by atoms with Gasteiger partial charge in [-0.05, 0) is 68.3 Å². The van der Waals surface area contributed by atoms with E-state index < -0.39 is 32.1 Å². The highest BCUT2D eigenvalue weighted by Gasteiger charge is 2.26. The predicted octanol–water partition coefficient (Wildman–Crippen LogP) is 2.66. The van der Waals surface area contributed by atoms with Crippen LogP contribution in [-0.4, -0.2) is 59.5 Å². The van der Waals surface area contributed by atoms with E-state index in [4.69, 9.17) is 4.74 Å². The van der Waals surface area contributed by atoms with E-state index in [1.807, 2.05) is 0 Å². The van der Waals surface area contributed by atoms with E-state index in [-0.39, 0.29) is 4.90 Å². The summed E-state index contributed by atoms with van der Waals surface area (Å²) in [6.45, 7) is 2.64. The second kappa shape index (κ2) is 10.1. The molecule has 33 heavy (non-hydrogen) atoms. The molecule has 2 aromatic rings. The summed E-state index contributed by atoms with van der Waals surface area (Å²) in [5.74, 6) is 0.00485. The van der Waals surface area contributed by atoms with Crippen LogP contribution in [0.4, 0.5) is 11.4 Å². The topological polar surface area (TPSA) is 113 Å². The van der Waals surface area contributed by atoms with Crippen molar-refractivity contribution in [3.63, 3.8) is 0 Å². The third kappa shape index (κ3) is 6.24. The van der Waals surface area contributed by atoms with Crippen molar-refractivity contribution >= 4 is 37.3 Å². The maximum Gasteiger partial charge on any atom is 0.265 e. The molecule has 1 amide bonds. The molecule has 1 aliphatic heterocycles. The van der Waals surface area contributed by atoms with E-state index in [0.717, 1.165) is 29.8 Å². The Morgan fingerprint density at radius 3 is 2.09 bits per heavy atom. The maximum absolute atomic E-state index is 12.7. The Balaban J connectivity index is 1.59. The van der Waals surface area contributed by atoms with Gasteiger partial charge < -0.3 is 10.1 Å². The van der Waals surface area contributed by atoms with Gasteiger partial charge in [-0.15, -0.1) is 0 Å². The third-order valence-electron chi connectivity index (χ3n) is 5.45. The minimum absolute atomic E-state index is 0.200. The van der Waals surface area contributed by atoms with Crippen LogP contribution in [-0.2, 0) is 24.8 Å². The number of nitrogens with zero attached hydrogens (tertiary/aromatic N) is 2. The largest absolute Gasteiger partial charge is 0.481 e. The molecule has 1 saturated heterocycles. The van der Waals surface area contributed by atoms with Crippen molar-refractivity contribution in [2.75, 3.05) is 36.0 Å². The quantitative estimate of drug-likeness (QED) is 0.602. The smallest absolute Gasteiger partial charge is 0.265 e. The number of ether oxygens (including phenoxy) is 1. The van der Waals surface area contributed by atoms with Crippen LogP contribution >= 0.6 is 0 Å². The van der Waals surface area contributed by atoms with E-state index >= 15 is 0 Å². The van der Waals surface area contributed by atoms with Gasteiger partial charge in [0.25, 0.3) is 5.91 Å². The first kappa shape index (κ1) is 25.0. The number of nitrogens with one attached hydrogen (secondary N) is 1. The molecule has 3 rings (SSSR count). The number of sulfonamides is 2. The predicted molar refractivity (Wildman–Crippen MR) is 127 cm³/mol. The van der Waals surface area contributed by atoms with Crippen LogP contribution in [0, 0.1) is 0 Å². The van der Waals surface area contributed by atoms with Gasteiger partial charge >= 0.3 is 0 Å². The van der Waals surface area contributed by atoms with Gasteiger partial charge in [0.05, 0.1) is 16.8 Å². The molecule has 0 bridgehead atoms. The van der Waals surface area contributed by atoms with E-state index in [9.17, 15) is 21.6 Å². The molecule has 1 fully saturated rings. The normalized spacial score (nSPS) is 16.1. The standard InChI is InChI=1S/C22H29N3O6S2/c1-17(31-20-11-9-19(10-12-20)24(2)32(3,27)28)22(26)23-18-7-13-21(14-8-18)33(29,30)25-15-5-4-6-16-25/h7-14,17H,4-6,15-16H2,1-3H3,(H,23,26). The molecule has 1 atom stereocenters. The van der Waals surface area contributed by atoms with Gasteiger partial charge in [-0.3, -0.25) is 9.10 Å². The Morgan fingerprint density at radius 2 is 1.55 bits per heavy atom. The Morgan fingerprint density at radius 1 is 0.970 bits per heavy atom. The number of benzene rings is 2. The van der Waals surface area contributed by atoms with Crippen molar-refractivity contribution in [1.82, 2.24) is 4.31 Å². The number of carbonyl (C=O) groups excluding carboxylic acids is 1. The highest BCUT2D eigenvalue weighted by Crippen LogP contribution is 2.23. The minimum Gasteiger partial charge on any atom is -0.481 e. The molecule has 0 aromatic heterocycles. The Kier molecular flexibility index (Phi) is 7.65. The average Bonchev–Trinajstić information content (AvgIpc) is 2.79. The van der Waals surface area contributed by atoms with Crippen LogP contribution in [0.3, 0.4) is 0 Å². The molecule has 1 aliphatic rings. The highest BCUT2D eigenvalue weighted by atomic mass is 32.2. The molecule has 0 spiro atoms. The molecule has 1 heterocycles. The highest BCUT2D eigenvalue weighted by molar-refractivity contribution is 7.92. The average molecular weight is 496 g/mol. The van der Waals surface area contributed by atoms with Crippen molar-refractivity contribution in [1.29, 1.82) is 0 Å². The Labute approximate surface area is 195 Å². The van der Waals surface area contributed by atoms with Crippen molar-refractivity contribution in [2.45, 2.75) is 37.2 Å². The summed E-state index contributed by atoms with van der Waals surface area (Å²) in [7, 11) is -5.45. The van der Waals surface area contributed by atoms with Crippen LogP contribution in [0.1, 0.15) is 26.2 Å². The fourth-order valence-electron chi connectivity index (χ4n) is 3.39. The molecule has 9 nitrogen and oxygen atoms in total. The van der Waals surface area contributed by atoms with Gasteiger partial charge in [0, 0.05) is 25.8 Å². The molecule has 0 radical (unpaired) electrons. The molecule has 1 N–H and O–H groups in total. The summed E-state index contributed by atoms with van der Waals surface area (Å²) in [6, 6.07) is 12.4. The summed E-state index contributed by atoms with van der Waals surface area (Å²) in [6.07, 6.45) is 3.05. The van der Waals surface area contributed by atoms with E-state index in [1.165, 1.54) is 23.5 Å². The number of piperidine rings is 1. The molecule has 0 saturated carbocycles. The lowest BCUT2D eigenvalue weighted by molar-refractivity contribution is -0.122. The maximum atomic E-state index is 12.7. The Bertz CT molecular complexity index is 1170. The van der Waals surface area contributed by atoms with E-state index in [0.29, 0.717) is 30.2 Å².